The van der Waals surface area contributed by atoms with Gasteiger partial charge in [0.25, 0.3) is 0 Å². The lowest BCUT2D eigenvalue weighted by Crippen LogP contribution is -2.29. The van der Waals surface area contributed by atoms with Gasteiger partial charge in [0.2, 0.25) is 5.91 Å². The minimum absolute atomic E-state index is 0.211. The molecule has 35 heavy (non-hydrogen) atoms. The predicted octanol–water partition coefficient (Wildman–Crippen LogP) is 5.24. The molecule has 1 aromatic carbocycles. The van der Waals surface area contributed by atoms with Crippen LogP contribution in [-0.4, -0.2) is 44.4 Å². The summed E-state index contributed by atoms with van der Waals surface area (Å²) in [6, 6.07) is 8.03. The van der Waals surface area contributed by atoms with Gasteiger partial charge in [-0.2, -0.15) is 0 Å². The molecule has 0 atom stereocenters. The van der Waals surface area contributed by atoms with Crippen molar-refractivity contribution in [3.8, 4) is 5.75 Å². The Morgan fingerprint density at radius 2 is 1.77 bits per heavy atom. The number of anilines is 1. The van der Waals surface area contributed by atoms with Crippen molar-refractivity contribution >= 4 is 17.6 Å². The number of esters is 1. The van der Waals surface area contributed by atoms with Gasteiger partial charge < -0.3 is 19.1 Å². The van der Waals surface area contributed by atoms with E-state index in [1.165, 1.54) is 29.7 Å². The Morgan fingerprint density at radius 3 is 2.40 bits per heavy atom. The predicted molar refractivity (Wildman–Crippen MR) is 136 cm³/mol. The molecular weight excluding hydrogens is 444 g/mol. The van der Waals surface area contributed by atoms with Gasteiger partial charge in [0, 0.05) is 37.9 Å². The zero-order valence-corrected chi connectivity index (χ0v) is 21.7. The van der Waals surface area contributed by atoms with Crippen LogP contribution in [0.25, 0.3) is 0 Å². The number of ether oxygens (including phenoxy) is 3. The first-order valence-corrected chi connectivity index (χ1v) is 12.5. The molecule has 1 saturated carbocycles. The van der Waals surface area contributed by atoms with Crippen molar-refractivity contribution in [2.45, 2.75) is 71.6 Å². The minimum Gasteiger partial charge on any atom is -0.466 e. The van der Waals surface area contributed by atoms with Crippen LogP contribution in [0.3, 0.4) is 0 Å². The summed E-state index contributed by atoms with van der Waals surface area (Å²) in [6.07, 6.45) is 6.44. The van der Waals surface area contributed by atoms with Crippen molar-refractivity contribution in [2.75, 3.05) is 32.5 Å². The van der Waals surface area contributed by atoms with Crippen molar-refractivity contribution in [2.24, 2.45) is 0 Å². The first-order chi connectivity index (χ1) is 16.8. The number of pyridine rings is 1. The molecule has 3 rings (SSSR count). The average molecular weight is 483 g/mol. The fourth-order valence-electron chi connectivity index (χ4n) is 4.74. The van der Waals surface area contributed by atoms with E-state index in [0.717, 1.165) is 46.8 Å². The second kappa shape index (κ2) is 12.7. The van der Waals surface area contributed by atoms with E-state index in [9.17, 15) is 9.59 Å². The molecule has 0 spiro atoms. The summed E-state index contributed by atoms with van der Waals surface area (Å²) in [5.74, 6) is 0.430. The third-order valence-corrected chi connectivity index (χ3v) is 6.67. The maximum absolute atomic E-state index is 12.5. The summed E-state index contributed by atoms with van der Waals surface area (Å²) in [4.78, 5) is 30.8. The molecule has 0 saturated heterocycles. The zero-order chi connectivity index (χ0) is 25.4. The number of methoxy groups -OCH3 is 1. The van der Waals surface area contributed by atoms with Crippen LogP contribution in [0.5, 0.6) is 5.75 Å². The number of benzene rings is 1. The number of amides is 1. The summed E-state index contributed by atoms with van der Waals surface area (Å²) in [7, 11) is 3.31. The smallest absolute Gasteiger partial charge is 0.315 e. The molecule has 0 N–H and O–H groups in total. The fourth-order valence-corrected chi connectivity index (χ4v) is 4.74. The average Bonchev–Trinajstić information content (AvgIpc) is 2.85. The van der Waals surface area contributed by atoms with Crippen molar-refractivity contribution in [3.63, 3.8) is 0 Å². The first kappa shape index (κ1) is 26.7. The van der Waals surface area contributed by atoms with E-state index >= 15 is 0 Å². The third-order valence-electron chi connectivity index (χ3n) is 6.67. The second-order valence-electron chi connectivity index (χ2n) is 9.24. The highest BCUT2D eigenvalue weighted by Gasteiger charge is 2.22. The molecule has 2 aromatic rings. The van der Waals surface area contributed by atoms with Gasteiger partial charge in [0.1, 0.15) is 12.2 Å². The summed E-state index contributed by atoms with van der Waals surface area (Å²) in [6.45, 7) is 6.30. The Morgan fingerprint density at radius 1 is 1.09 bits per heavy atom. The Kier molecular flexibility index (Phi) is 9.66. The third kappa shape index (κ3) is 7.04. The van der Waals surface area contributed by atoms with Gasteiger partial charge in [-0.25, -0.2) is 0 Å². The molecule has 1 heterocycles. The van der Waals surface area contributed by atoms with Crippen molar-refractivity contribution < 1.29 is 23.8 Å². The summed E-state index contributed by atoms with van der Waals surface area (Å²) >= 11 is 0. The summed E-state index contributed by atoms with van der Waals surface area (Å²) < 4.78 is 15.9. The maximum atomic E-state index is 12.5. The van der Waals surface area contributed by atoms with Crippen LogP contribution >= 0.6 is 0 Å². The summed E-state index contributed by atoms with van der Waals surface area (Å²) in [5.41, 5.74) is 6.15. The highest BCUT2D eigenvalue weighted by Crippen LogP contribution is 2.37. The molecule has 0 aliphatic heterocycles. The first-order valence-electron chi connectivity index (χ1n) is 12.5. The largest absolute Gasteiger partial charge is 0.466 e. The number of carbonyl (C=O) groups excluding carboxylic acids is 2. The molecular formula is C28H38N2O5. The molecule has 1 aliphatic carbocycles. The van der Waals surface area contributed by atoms with E-state index in [2.05, 4.69) is 0 Å². The quantitative estimate of drug-likeness (QED) is 0.262. The molecule has 0 radical (unpaired) electrons. The van der Waals surface area contributed by atoms with Crippen molar-refractivity contribution in [1.29, 1.82) is 0 Å². The number of rotatable bonds is 10. The molecule has 0 unspecified atom stereocenters. The highest BCUT2D eigenvalue weighted by molar-refractivity contribution is 6.03. The Balaban J connectivity index is 1.81. The van der Waals surface area contributed by atoms with Crippen LogP contribution in [0.15, 0.2) is 24.3 Å². The molecule has 190 valence electrons. The number of hydrogen-bond donors (Lipinski definition) is 0. The van der Waals surface area contributed by atoms with E-state index in [0.29, 0.717) is 12.3 Å². The lowest BCUT2D eigenvalue weighted by molar-refractivity contribution is -0.145. The van der Waals surface area contributed by atoms with Crippen molar-refractivity contribution in [3.05, 3.63) is 52.3 Å². The molecule has 1 aromatic heterocycles. The topological polar surface area (TPSA) is 78.0 Å². The van der Waals surface area contributed by atoms with Gasteiger partial charge in [-0.3, -0.25) is 14.6 Å². The van der Waals surface area contributed by atoms with Crippen molar-refractivity contribution in [1.82, 2.24) is 4.98 Å². The fraction of sp³-hybridized carbons (Fsp3) is 0.536. The number of aryl methyl sites for hydroxylation is 2. The number of hydrogen-bond acceptors (Lipinski definition) is 6. The van der Waals surface area contributed by atoms with Crippen LogP contribution in [0.4, 0.5) is 5.69 Å². The summed E-state index contributed by atoms with van der Waals surface area (Å²) in [5, 5.41) is 0. The Bertz CT molecular complexity index is 1010. The minimum atomic E-state index is -0.507. The lowest BCUT2D eigenvalue weighted by Gasteiger charge is -2.24. The lowest BCUT2D eigenvalue weighted by atomic mass is 9.86. The second-order valence-corrected chi connectivity index (χ2v) is 9.24. The van der Waals surface area contributed by atoms with Gasteiger partial charge in [-0.15, -0.1) is 0 Å². The van der Waals surface area contributed by atoms with Gasteiger partial charge in [0.15, 0.2) is 6.79 Å². The maximum Gasteiger partial charge on any atom is 0.315 e. The van der Waals surface area contributed by atoms with E-state index in [-0.39, 0.29) is 25.7 Å². The van der Waals surface area contributed by atoms with Crippen LogP contribution in [0.1, 0.15) is 79.4 Å². The molecule has 0 bridgehead atoms. The van der Waals surface area contributed by atoms with E-state index in [1.807, 2.05) is 38.1 Å². The van der Waals surface area contributed by atoms with Crippen LogP contribution < -0.4 is 9.64 Å². The van der Waals surface area contributed by atoms with E-state index < -0.39 is 5.97 Å². The Labute approximate surface area is 208 Å². The van der Waals surface area contributed by atoms with Crippen LogP contribution in [-0.2, 0) is 25.5 Å². The molecule has 1 amide bonds. The van der Waals surface area contributed by atoms with Gasteiger partial charge in [-0.05, 0) is 74.6 Å². The van der Waals surface area contributed by atoms with Crippen LogP contribution in [0.2, 0.25) is 0 Å². The number of aromatic nitrogens is 1. The Hall–Kier alpha value is -2.93. The van der Waals surface area contributed by atoms with Gasteiger partial charge in [-0.1, -0.05) is 19.3 Å². The highest BCUT2D eigenvalue weighted by atomic mass is 16.7. The standard InChI is InChI=1S/C28H38N2O5/c1-6-34-27(32)17-26(31)30(4)23-14-19(2)24(20(3)15-23)16-22-12-13-25(35-18-33-5)28(29-22)21-10-8-7-9-11-21/h12-15,21H,6-11,16-18H2,1-5H3. The van der Waals surface area contributed by atoms with E-state index in [4.69, 9.17) is 19.2 Å². The SMILES string of the molecule is CCOC(=O)CC(=O)N(C)c1cc(C)c(Cc2ccc(OCOC)c(C3CCCCC3)n2)c(C)c1. The van der Waals surface area contributed by atoms with E-state index in [1.54, 1.807) is 21.1 Å². The van der Waals surface area contributed by atoms with Crippen LogP contribution in [0, 0.1) is 13.8 Å². The number of nitrogens with zero attached hydrogens (tertiary/aromatic N) is 2. The zero-order valence-electron chi connectivity index (χ0n) is 21.7. The number of carbonyl (C=O) groups is 2. The molecule has 1 fully saturated rings. The van der Waals surface area contributed by atoms with Gasteiger partial charge in [0.05, 0.1) is 12.3 Å². The van der Waals surface area contributed by atoms with Gasteiger partial charge >= 0.3 is 5.97 Å². The molecule has 1 aliphatic rings. The normalized spacial score (nSPS) is 14.0. The monoisotopic (exact) mass is 482 g/mol. The molecule has 7 nitrogen and oxygen atoms in total. The molecule has 7 heteroatoms.